The average molecular weight is 180 g/mol. The molecule has 1 saturated carbocycles. The van der Waals surface area contributed by atoms with E-state index in [2.05, 4.69) is 5.43 Å². The van der Waals surface area contributed by atoms with Gasteiger partial charge in [0.15, 0.2) is 0 Å². The van der Waals surface area contributed by atoms with Crippen LogP contribution >= 0.6 is 0 Å². The van der Waals surface area contributed by atoms with Crippen molar-refractivity contribution >= 4 is 0 Å². The van der Waals surface area contributed by atoms with E-state index < -0.39 is 0 Å². The summed E-state index contributed by atoms with van der Waals surface area (Å²) in [5, 5.41) is 0. The molecule has 0 atom stereocenters. The summed E-state index contributed by atoms with van der Waals surface area (Å²) in [6.07, 6.45) is 3.26. The molecule has 1 fully saturated rings. The zero-order valence-corrected chi connectivity index (χ0v) is 7.39. The molecule has 0 bridgehead atoms. The van der Waals surface area contributed by atoms with Crippen molar-refractivity contribution in [3.63, 3.8) is 0 Å². The Morgan fingerprint density at radius 3 is 2.23 bits per heavy atom. The van der Waals surface area contributed by atoms with Crippen LogP contribution in [0.1, 0.15) is 24.8 Å². The number of nitrogens with two attached hydrogens (primary N) is 1. The summed E-state index contributed by atoms with van der Waals surface area (Å²) >= 11 is 0. The number of rotatable bonds is 2. The lowest BCUT2D eigenvalue weighted by Crippen LogP contribution is -2.51. The minimum Gasteiger partial charge on any atom is -0.271 e. The third kappa shape index (κ3) is 1.34. The lowest BCUT2D eigenvalue weighted by atomic mass is 9.72. The predicted octanol–water partition coefficient (Wildman–Crippen LogP) is 1.67. The molecule has 1 aromatic rings. The van der Waals surface area contributed by atoms with Crippen LogP contribution in [-0.4, -0.2) is 0 Å². The van der Waals surface area contributed by atoms with Crippen LogP contribution in [0.5, 0.6) is 0 Å². The standard InChI is InChI=1S/C10H13FN2/c11-9-4-2-8(3-5-9)10(13-12)6-1-7-10/h2-5,13H,1,6-7,12H2. The third-order valence-corrected chi connectivity index (χ3v) is 2.88. The number of benzene rings is 1. The first kappa shape index (κ1) is 8.66. The fourth-order valence-corrected chi connectivity index (χ4v) is 1.82. The van der Waals surface area contributed by atoms with E-state index in [0.29, 0.717) is 0 Å². The molecule has 0 unspecified atom stereocenters. The molecule has 0 aliphatic heterocycles. The molecule has 0 spiro atoms. The molecule has 70 valence electrons. The van der Waals surface area contributed by atoms with Gasteiger partial charge in [-0.25, -0.2) is 9.82 Å². The van der Waals surface area contributed by atoms with E-state index in [1.807, 2.05) is 0 Å². The second kappa shape index (κ2) is 3.09. The summed E-state index contributed by atoms with van der Waals surface area (Å²) in [7, 11) is 0. The molecule has 0 radical (unpaired) electrons. The van der Waals surface area contributed by atoms with Crippen LogP contribution in [0.25, 0.3) is 0 Å². The zero-order chi connectivity index (χ0) is 9.31. The maximum absolute atomic E-state index is 12.6. The molecular weight excluding hydrogens is 167 g/mol. The van der Waals surface area contributed by atoms with E-state index in [9.17, 15) is 4.39 Å². The van der Waals surface area contributed by atoms with E-state index in [4.69, 9.17) is 5.84 Å². The second-order valence-electron chi connectivity index (χ2n) is 3.59. The minimum atomic E-state index is -0.199. The van der Waals surface area contributed by atoms with Crippen molar-refractivity contribution < 1.29 is 4.39 Å². The van der Waals surface area contributed by atoms with Crippen molar-refractivity contribution in [2.45, 2.75) is 24.8 Å². The van der Waals surface area contributed by atoms with Crippen molar-refractivity contribution in [2.75, 3.05) is 0 Å². The summed E-state index contributed by atoms with van der Waals surface area (Å²) < 4.78 is 12.6. The van der Waals surface area contributed by atoms with E-state index in [-0.39, 0.29) is 11.4 Å². The van der Waals surface area contributed by atoms with Gasteiger partial charge in [0.2, 0.25) is 0 Å². The first-order valence-corrected chi connectivity index (χ1v) is 4.51. The molecular formula is C10H13FN2. The van der Waals surface area contributed by atoms with Gasteiger partial charge in [-0.05, 0) is 37.0 Å². The zero-order valence-electron chi connectivity index (χ0n) is 7.39. The van der Waals surface area contributed by atoms with E-state index in [1.165, 1.54) is 18.6 Å². The van der Waals surface area contributed by atoms with Gasteiger partial charge in [0.05, 0.1) is 5.54 Å². The van der Waals surface area contributed by atoms with Crippen LogP contribution in [0.2, 0.25) is 0 Å². The Hall–Kier alpha value is -0.930. The molecule has 3 heteroatoms. The predicted molar refractivity (Wildman–Crippen MR) is 49.3 cm³/mol. The highest BCUT2D eigenvalue weighted by Crippen LogP contribution is 2.40. The third-order valence-electron chi connectivity index (χ3n) is 2.88. The molecule has 3 N–H and O–H groups in total. The maximum Gasteiger partial charge on any atom is 0.123 e. The highest BCUT2D eigenvalue weighted by atomic mass is 19.1. The second-order valence-corrected chi connectivity index (χ2v) is 3.59. The van der Waals surface area contributed by atoms with Gasteiger partial charge in [0.1, 0.15) is 5.82 Å². The Bertz CT molecular complexity index is 285. The quantitative estimate of drug-likeness (QED) is 0.536. The number of hydrogen-bond donors (Lipinski definition) is 2. The van der Waals surface area contributed by atoms with Gasteiger partial charge in [0, 0.05) is 0 Å². The molecule has 0 saturated heterocycles. The largest absolute Gasteiger partial charge is 0.271 e. The fraction of sp³-hybridized carbons (Fsp3) is 0.400. The minimum absolute atomic E-state index is 0.0896. The first-order valence-electron chi connectivity index (χ1n) is 4.51. The monoisotopic (exact) mass is 180 g/mol. The highest BCUT2D eigenvalue weighted by Gasteiger charge is 2.37. The fourth-order valence-electron chi connectivity index (χ4n) is 1.82. The molecule has 0 aromatic heterocycles. The van der Waals surface area contributed by atoms with E-state index in [1.54, 1.807) is 12.1 Å². The van der Waals surface area contributed by atoms with E-state index >= 15 is 0 Å². The number of hydrazine groups is 1. The number of halogens is 1. The Kier molecular flexibility index (Phi) is 2.06. The van der Waals surface area contributed by atoms with Crippen LogP contribution in [0.15, 0.2) is 24.3 Å². The van der Waals surface area contributed by atoms with Gasteiger partial charge in [-0.2, -0.15) is 0 Å². The Labute approximate surface area is 76.9 Å². The highest BCUT2D eigenvalue weighted by molar-refractivity contribution is 5.27. The van der Waals surface area contributed by atoms with Gasteiger partial charge in [-0.3, -0.25) is 5.84 Å². The Morgan fingerprint density at radius 1 is 1.23 bits per heavy atom. The van der Waals surface area contributed by atoms with Crippen molar-refractivity contribution in [3.05, 3.63) is 35.6 Å². The van der Waals surface area contributed by atoms with E-state index in [0.717, 1.165) is 18.4 Å². The molecule has 2 rings (SSSR count). The summed E-state index contributed by atoms with van der Waals surface area (Å²) in [5.41, 5.74) is 3.82. The summed E-state index contributed by atoms with van der Waals surface area (Å²) in [4.78, 5) is 0. The Morgan fingerprint density at radius 2 is 1.85 bits per heavy atom. The first-order chi connectivity index (χ1) is 6.27. The van der Waals surface area contributed by atoms with Gasteiger partial charge < -0.3 is 0 Å². The Balaban J connectivity index is 2.28. The van der Waals surface area contributed by atoms with Crippen LogP contribution < -0.4 is 11.3 Å². The molecule has 2 nitrogen and oxygen atoms in total. The molecule has 0 amide bonds. The normalized spacial score (nSPS) is 19.5. The lowest BCUT2D eigenvalue weighted by Gasteiger charge is -2.41. The smallest absolute Gasteiger partial charge is 0.123 e. The molecule has 1 aromatic carbocycles. The van der Waals surface area contributed by atoms with Crippen molar-refractivity contribution in [1.29, 1.82) is 0 Å². The van der Waals surface area contributed by atoms with Crippen LogP contribution in [0.4, 0.5) is 4.39 Å². The maximum atomic E-state index is 12.6. The number of hydrogen-bond acceptors (Lipinski definition) is 2. The summed E-state index contributed by atoms with van der Waals surface area (Å²) in [6.45, 7) is 0. The molecule has 0 heterocycles. The van der Waals surface area contributed by atoms with Crippen molar-refractivity contribution in [2.24, 2.45) is 5.84 Å². The number of nitrogens with one attached hydrogen (secondary N) is 1. The topological polar surface area (TPSA) is 38.0 Å². The van der Waals surface area contributed by atoms with Crippen molar-refractivity contribution in [1.82, 2.24) is 5.43 Å². The van der Waals surface area contributed by atoms with Gasteiger partial charge >= 0.3 is 0 Å². The molecule has 1 aliphatic carbocycles. The summed E-state index contributed by atoms with van der Waals surface area (Å²) in [5.74, 6) is 5.30. The molecule has 1 aliphatic rings. The molecule has 13 heavy (non-hydrogen) atoms. The summed E-state index contributed by atoms with van der Waals surface area (Å²) in [6, 6.07) is 6.56. The van der Waals surface area contributed by atoms with Crippen LogP contribution in [0.3, 0.4) is 0 Å². The van der Waals surface area contributed by atoms with Crippen LogP contribution in [-0.2, 0) is 5.54 Å². The lowest BCUT2D eigenvalue weighted by molar-refractivity contribution is 0.188. The van der Waals surface area contributed by atoms with Gasteiger partial charge in [-0.15, -0.1) is 0 Å². The van der Waals surface area contributed by atoms with Gasteiger partial charge in [0.25, 0.3) is 0 Å². The van der Waals surface area contributed by atoms with Gasteiger partial charge in [-0.1, -0.05) is 12.1 Å². The SMILES string of the molecule is NNC1(c2ccc(F)cc2)CCC1. The average Bonchev–Trinajstić information content (AvgIpc) is 2.07. The van der Waals surface area contributed by atoms with Crippen molar-refractivity contribution in [3.8, 4) is 0 Å². The van der Waals surface area contributed by atoms with Crippen LogP contribution in [0, 0.1) is 5.82 Å².